The lowest BCUT2D eigenvalue weighted by Gasteiger charge is -2.10. The number of amides is 1. The van der Waals surface area contributed by atoms with E-state index in [1.54, 1.807) is 13.8 Å². The van der Waals surface area contributed by atoms with Crippen LogP contribution < -0.4 is 10.1 Å². The fourth-order valence-corrected chi connectivity index (χ4v) is 2.17. The van der Waals surface area contributed by atoms with Crippen LogP contribution in [0, 0.1) is 11.7 Å². The van der Waals surface area contributed by atoms with E-state index < -0.39 is 11.8 Å². The first kappa shape index (κ1) is 16.8. The third-order valence-electron chi connectivity index (χ3n) is 2.21. The van der Waals surface area contributed by atoms with Crippen molar-refractivity contribution < 1.29 is 18.7 Å². The summed E-state index contributed by atoms with van der Waals surface area (Å²) in [7, 11) is 2.81. The Kier molecular flexibility index (Phi) is 6.87. The number of anilines is 1. The van der Waals surface area contributed by atoms with Gasteiger partial charge in [0.05, 0.1) is 17.4 Å². The average molecular weight is 317 g/mol. The Labute approximate surface area is 125 Å². The van der Waals surface area contributed by atoms with Crippen molar-refractivity contribution in [3.05, 3.63) is 24.0 Å². The van der Waals surface area contributed by atoms with Crippen molar-refractivity contribution in [3.8, 4) is 5.75 Å². The molecule has 0 aromatic heterocycles. The second kappa shape index (κ2) is 8.16. The molecule has 7 heteroatoms. The number of halogens is 1. The predicted molar refractivity (Wildman–Crippen MR) is 81.5 cm³/mol. The maximum absolute atomic E-state index is 13.6. The lowest BCUT2D eigenvalue weighted by atomic mass is 10.2. The summed E-state index contributed by atoms with van der Waals surface area (Å²) < 4.78 is 18.6. The van der Waals surface area contributed by atoms with Crippen LogP contribution in [0.1, 0.15) is 13.8 Å². The van der Waals surface area contributed by atoms with Crippen molar-refractivity contribution in [1.29, 1.82) is 0 Å². The molecule has 1 aromatic rings. The zero-order chi connectivity index (χ0) is 15.1. The molecule has 0 aliphatic rings. The first-order valence-electron chi connectivity index (χ1n) is 5.90. The number of ether oxygens (including phenoxy) is 1. The van der Waals surface area contributed by atoms with Crippen LogP contribution in [0.5, 0.6) is 5.75 Å². The second-order valence-electron chi connectivity index (χ2n) is 4.19. The van der Waals surface area contributed by atoms with E-state index in [1.165, 1.54) is 33.7 Å². The number of rotatable bonds is 6. The summed E-state index contributed by atoms with van der Waals surface area (Å²) in [5.41, 5.74) is 0.00533. The van der Waals surface area contributed by atoms with Gasteiger partial charge in [-0.3, -0.25) is 9.59 Å². The molecule has 0 heterocycles. The Balaban J connectivity index is 2.76. The van der Waals surface area contributed by atoms with E-state index in [0.29, 0.717) is 0 Å². The molecule has 0 bridgehead atoms. The summed E-state index contributed by atoms with van der Waals surface area (Å²) >= 11 is 0. The van der Waals surface area contributed by atoms with Crippen LogP contribution in [0.25, 0.3) is 0 Å². The number of benzene rings is 1. The van der Waals surface area contributed by atoms with E-state index in [-0.39, 0.29) is 29.0 Å². The van der Waals surface area contributed by atoms with E-state index in [2.05, 4.69) is 5.32 Å². The minimum absolute atomic E-state index is 0.00533. The van der Waals surface area contributed by atoms with Crippen LogP contribution in [0.4, 0.5) is 10.1 Å². The highest BCUT2D eigenvalue weighted by Crippen LogP contribution is 2.23. The van der Waals surface area contributed by atoms with Crippen molar-refractivity contribution in [2.24, 2.45) is 5.92 Å². The molecule has 1 rings (SSSR count). The number of hydrogen-bond acceptors (Lipinski definition) is 5. The molecule has 0 atom stereocenters. The lowest BCUT2D eigenvalue weighted by Crippen LogP contribution is -2.16. The molecule has 0 aliphatic heterocycles. The SMILES string of the molecule is CSSCC(=O)Nc1cc(OC(=O)C(C)C)ccc1F. The van der Waals surface area contributed by atoms with Crippen molar-refractivity contribution in [2.45, 2.75) is 13.8 Å². The van der Waals surface area contributed by atoms with Gasteiger partial charge in [-0.25, -0.2) is 4.39 Å². The van der Waals surface area contributed by atoms with Gasteiger partial charge >= 0.3 is 5.97 Å². The minimum atomic E-state index is -0.572. The Hall–Kier alpha value is -1.21. The number of nitrogens with one attached hydrogen (secondary N) is 1. The summed E-state index contributed by atoms with van der Waals surface area (Å²) in [5.74, 6) is -1.15. The average Bonchev–Trinajstić information content (AvgIpc) is 2.40. The van der Waals surface area contributed by atoms with Crippen LogP contribution in [0.3, 0.4) is 0 Å². The Morgan fingerprint density at radius 3 is 2.70 bits per heavy atom. The highest BCUT2D eigenvalue weighted by molar-refractivity contribution is 8.76. The fraction of sp³-hybridized carbons (Fsp3) is 0.385. The molecule has 0 aliphatic carbocycles. The summed E-state index contributed by atoms with van der Waals surface area (Å²) in [5, 5.41) is 2.45. The molecule has 1 N–H and O–H groups in total. The summed E-state index contributed by atoms with van der Waals surface area (Å²) in [6.07, 6.45) is 1.85. The largest absolute Gasteiger partial charge is 0.426 e. The van der Waals surface area contributed by atoms with E-state index in [4.69, 9.17) is 4.74 Å². The van der Waals surface area contributed by atoms with Gasteiger partial charge in [0.15, 0.2) is 0 Å². The third-order valence-corrected chi connectivity index (χ3v) is 3.89. The molecule has 0 saturated carbocycles. The second-order valence-corrected chi connectivity index (χ2v) is 6.76. The number of hydrogen-bond donors (Lipinski definition) is 1. The Morgan fingerprint density at radius 2 is 2.10 bits per heavy atom. The van der Waals surface area contributed by atoms with E-state index in [9.17, 15) is 14.0 Å². The predicted octanol–water partition coefficient (Wildman–Crippen LogP) is 3.34. The molecule has 4 nitrogen and oxygen atoms in total. The quantitative estimate of drug-likeness (QED) is 0.495. The van der Waals surface area contributed by atoms with Gasteiger partial charge in [0, 0.05) is 6.07 Å². The van der Waals surface area contributed by atoms with Crippen LogP contribution in [-0.4, -0.2) is 23.9 Å². The van der Waals surface area contributed by atoms with Gasteiger partial charge in [-0.1, -0.05) is 35.4 Å². The smallest absolute Gasteiger partial charge is 0.313 e. The Bertz CT molecular complexity index is 495. The van der Waals surface area contributed by atoms with Gasteiger partial charge in [-0.2, -0.15) is 0 Å². The number of esters is 1. The molecule has 0 spiro atoms. The molecule has 0 saturated heterocycles. The van der Waals surface area contributed by atoms with E-state index in [1.807, 2.05) is 6.26 Å². The molecule has 1 amide bonds. The van der Waals surface area contributed by atoms with Crippen molar-refractivity contribution in [1.82, 2.24) is 0 Å². The highest BCUT2D eigenvalue weighted by atomic mass is 33.1. The first-order valence-corrected chi connectivity index (χ1v) is 8.63. The maximum atomic E-state index is 13.6. The van der Waals surface area contributed by atoms with Crippen molar-refractivity contribution in [2.75, 3.05) is 17.3 Å². The summed E-state index contributed by atoms with van der Waals surface area (Å²) in [6.45, 7) is 3.41. The van der Waals surface area contributed by atoms with Crippen LogP contribution in [0.2, 0.25) is 0 Å². The minimum Gasteiger partial charge on any atom is -0.426 e. The van der Waals surface area contributed by atoms with Crippen molar-refractivity contribution in [3.63, 3.8) is 0 Å². The van der Waals surface area contributed by atoms with Gasteiger partial charge in [0.1, 0.15) is 11.6 Å². The maximum Gasteiger partial charge on any atom is 0.313 e. The Morgan fingerprint density at radius 1 is 1.40 bits per heavy atom. The zero-order valence-electron chi connectivity index (χ0n) is 11.4. The molecule has 1 aromatic carbocycles. The topological polar surface area (TPSA) is 55.4 Å². The molecule has 20 heavy (non-hydrogen) atoms. The summed E-state index contributed by atoms with van der Waals surface area (Å²) in [4.78, 5) is 23.0. The molecular weight excluding hydrogens is 301 g/mol. The van der Waals surface area contributed by atoms with Crippen LogP contribution >= 0.6 is 21.6 Å². The lowest BCUT2D eigenvalue weighted by molar-refractivity contribution is -0.137. The molecule has 0 unspecified atom stereocenters. The van der Waals surface area contributed by atoms with Gasteiger partial charge in [-0.05, 0) is 18.4 Å². The standard InChI is InChI=1S/C13H16FNO3S2/c1-8(2)13(17)18-9-4-5-10(14)11(6-9)15-12(16)7-20-19-3/h4-6,8H,7H2,1-3H3,(H,15,16). The van der Waals surface area contributed by atoms with E-state index >= 15 is 0 Å². The van der Waals surface area contributed by atoms with Crippen molar-refractivity contribution >= 4 is 39.2 Å². The van der Waals surface area contributed by atoms with Crippen LogP contribution in [0.15, 0.2) is 18.2 Å². The normalized spacial score (nSPS) is 10.4. The third kappa shape index (κ3) is 5.42. The molecular formula is C13H16FNO3S2. The van der Waals surface area contributed by atoms with Gasteiger partial charge in [0.2, 0.25) is 5.91 Å². The van der Waals surface area contributed by atoms with Gasteiger partial charge < -0.3 is 10.1 Å². The zero-order valence-corrected chi connectivity index (χ0v) is 13.1. The molecule has 0 fully saturated rings. The van der Waals surface area contributed by atoms with Gasteiger partial charge in [0.25, 0.3) is 0 Å². The first-order chi connectivity index (χ1) is 9.43. The summed E-state index contributed by atoms with van der Waals surface area (Å²) in [6, 6.07) is 3.81. The number of carbonyl (C=O) groups excluding carboxylic acids is 2. The van der Waals surface area contributed by atoms with Gasteiger partial charge in [-0.15, -0.1) is 0 Å². The number of carbonyl (C=O) groups is 2. The monoisotopic (exact) mass is 317 g/mol. The molecule has 0 radical (unpaired) electrons. The van der Waals surface area contributed by atoms with Crippen LogP contribution in [-0.2, 0) is 9.59 Å². The fourth-order valence-electron chi connectivity index (χ4n) is 1.20. The highest BCUT2D eigenvalue weighted by Gasteiger charge is 2.13. The van der Waals surface area contributed by atoms with E-state index in [0.717, 1.165) is 6.07 Å². The molecule has 110 valence electrons.